The van der Waals surface area contributed by atoms with Gasteiger partial charge in [-0.2, -0.15) is 17.6 Å². The standard InChI is InChI=1S/C6H7F4N3/c7-5-12-2-3(13-5)1-4(11)6(8,9)10/h2,4H,1,11H2,(H,12,13). The topological polar surface area (TPSA) is 54.7 Å². The van der Waals surface area contributed by atoms with Crippen molar-refractivity contribution in [3.63, 3.8) is 0 Å². The molecule has 0 fully saturated rings. The van der Waals surface area contributed by atoms with Crippen molar-refractivity contribution in [3.05, 3.63) is 18.0 Å². The molecule has 7 heteroatoms. The van der Waals surface area contributed by atoms with Crippen LogP contribution in [0.4, 0.5) is 17.6 Å². The highest BCUT2D eigenvalue weighted by Crippen LogP contribution is 2.20. The first-order valence-electron chi connectivity index (χ1n) is 3.41. The molecule has 1 heterocycles. The van der Waals surface area contributed by atoms with Gasteiger partial charge in [0.2, 0.25) is 0 Å². The maximum Gasteiger partial charge on any atom is 0.404 e. The van der Waals surface area contributed by atoms with Crippen molar-refractivity contribution < 1.29 is 17.6 Å². The van der Waals surface area contributed by atoms with Crippen LogP contribution < -0.4 is 5.73 Å². The van der Waals surface area contributed by atoms with E-state index in [1.54, 1.807) is 0 Å². The minimum atomic E-state index is -4.47. The molecule has 13 heavy (non-hydrogen) atoms. The Hall–Kier alpha value is -1.11. The highest BCUT2D eigenvalue weighted by Gasteiger charge is 2.36. The molecule has 1 aromatic heterocycles. The average Bonchev–Trinajstić information content (AvgIpc) is 2.33. The molecule has 0 aliphatic rings. The smallest absolute Gasteiger partial charge is 0.320 e. The number of nitrogens with one attached hydrogen (secondary N) is 1. The number of rotatable bonds is 2. The molecule has 0 aliphatic carbocycles. The van der Waals surface area contributed by atoms with E-state index in [2.05, 4.69) is 4.98 Å². The van der Waals surface area contributed by atoms with Crippen LogP contribution in [0.15, 0.2) is 6.20 Å². The van der Waals surface area contributed by atoms with Crippen LogP contribution in [0.25, 0.3) is 0 Å². The second-order valence-electron chi connectivity index (χ2n) is 2.55. The van der Waals surface area contributed by atoms with Gasteiger partial charge in [-0.3, -0.25) is 0 Å². The molecular formula is C6H7F4N3. The first kappa shape index (κ1) is 9.97. The second kappa shape index (κ2) is 3.33. The van der Waals surface area contributed by atoms with E-state index in [1.807, 2.05) is 4.98 Å². The molecule has 0 saturated carbocycles. The van der Waals surface area contributed by atoms with Crippen LogP contribution in [-0.4, -0.2) is 22.2 Å². The Morgan fingerprint density at radius 2 is 2.15 bits per heavy atom. The van der Waals surface area contributed by atoms with Crippen LogP contribution in [0, 0.1) is 6.08 Å². The summed E-state index contributed by atoms with van der Waals surface area (Å²) in [6.45, 7) is 0. The Bertz CT molecular complexity index is 280. The van der Waals surface area contributed by atoms with Crippen molar-refractivity contribution >= 4 is 0 Å². The highest BCUT2D eigenvalue weighted by molar-refractivity contribution is 4.99. The van der Waals surface area contributed by atoms with Gasteiger partial charge >= 0.3 is 6.18 Å². The molecule has 0 aliphatic heterocycles. The molecule has 3 nitrogen and oxygen atoms in total. The molecule has 0 amide bonds. The van der Waals surface area contributed by atoms with Gasteiger partial charge < -0.3 is 10.7 Å². The van der Waals surface area contributed by atoms with E-state index in [0.29, 0.717) is 0 Å². The predicted molar refractivity (Wildman–Crippen MR) is 36.3 cm³/mol. The molecule has 1 rings (SSSR count). The Morgan fingerprint density at radius 3 is 2.54 bits per heavy atom. The van der Waals surface area contributed by atoms with E-state index in [4.69, 9.17) is 5.73 Å². The maximum atomic E-state index is 12.2. The van der Waals surface area contributed by atoms with E-state index in [0.717, 1.165) is 6.20 Å². The Labute approximate surface area is 71.0 Å². The van der Waals surface area contributed by atoms with Gasteiger partial charge in [0.1, 0.15) is 6.04 Å². The minimum absolute atomic E-state index is 0.0299. The van der Waals surface area contributed by atoms with Crippen LogP contribution in [0.3, 0.4) is 0 Å². The fraction of sp³-hybridized carbons (Fsp3) is 0.500. The SMILES string of the molecule is NC(Cc1cnc(F)[nH]1)C(F)(F)F. The molecule has 1 aromatic rings. The van der Waals surface area contributed by atoms with E-state index >= 15 is 0 Å². The van der Waals surface area contributed by atoms with Crippen molar-refractivity contribution in [2.24, 2.45) is 5.73 Å². The van der Waals surface area contributed by atoms with Crippen LogP contribution in [-0.2, 0) is 6.42 Å². The third kappa shape index (κ3) is 2.69. The summed E-state index contributed by atoms with van der Waals surface area (Å²) in [5.74, 6) is 0. The zero-order valence-electron chi connectivity index (χ0n) is 6.40. The van der Waals surface area contributed by atoms with Crippen molar-refractivity contribution in [3.8, 4) is 0 Å². The molecule has 1 atom stereocenters. The Kier molecular flexibility index (Phi) is 2.55. The zero-order chi connectivity index (χ0) is 10.1. The molecule has 0 aromatic carbocycles. The van der Waals surface area contributed by atoms with E-state index in [9.17, 15) is 17.6 Å². The number of aromatic nitrogens is 2. The fourth-order valence-corrected chi connectivity index (χ4v) is 0.788. The zero-order valence-corrected chi connectivity index (χ0v) is 6.40. The molecule has 3 N–H and O–H groups in total. The monoisotopic (exact) mass is 197 g/mol. The van der Waals surface area contributed by atoms with Gasteiger partial charge in [-0.05, 0) is 0 Å². The second-order valence-corrected chi connectivity index (χ2v) is 2.55. The molecular weight excluding hydrogens is 190 g/mol. The molecule has 0 radical (unpaired) electrons. The molecule has 74 valence electrons. The van der Waals surface area contributed by atoms with Gasteiger partial charge in [0, 0.05) is 12.1 Å². The minimum Gasteiger partial charge on any atom is -0.320 e. The number of halogens is 4. The Balaban J connectivity index is 2.60. The summed E-state index contributed by atoms with van der Waals surface area (Å²) >= 11 is 0. The van der Waals surface area contributed by atoms with E-state index < -0.39 is 24.7 Å². The number of hydrogen-bond acceptors (Lipinski definition) is 2. The van der Waals surface area contributed by atoms with Gasteiger partial charge in [-0.25, -0.2) is 4.98 Å². The third-order valence-corrected chi connectivity index (χ3v) is 1.46. The summed E-state index contributed by atoms with van der Waals surface area (Å²) in [4.78, 5) is 5.13. The quantitative estimate of drug-likeness (QED) is 0.694. The molecule has 0 bridgehead atoms. The molecule has 0 spiro atoms. The third-order valence-electron chi connectivity index (χ3n) is 1.46. The number of nitrogens with zero attached hydrogens (tertiary/aromatic N) is 1. The van der Waals surface area contributed by atoms with Gasteiger partial charge in [-0.1, -0.05) is 0 Å². The summed E-state index contributed by atoms with van der Waals surface area (Å²) in [5, 5.41) is 0. The number of hydrogen-bond donors (Lipinski definition) is 2. The van der Waals surface area contributed by atoms with Crippen molar-refractivity contribution in [2.75, 3.05) is 0 Å². The first-order valence-corrected chi connectivity index (χ1v) is 3.41. The lowest BCUT2D eigenvalue weighted by Gasteiger charge is -2.13. The summed E-state index contributed by atoms with van der Waals surface area (Å²) in [7, 11) is 0. The van der Waals surface area contributed by atoms with Crippen LogP contribution in [0.1, 0.15) is 5.69 Å². The first-order chi connectivity index (χ1) is 5.89. The van der Waals surface area contributed by atoms with Gasteiger partial charge in [-0.15, -0.1) is 0 Å². The number of aromatic amines is 1. The highest BCUT2D eigenvalue weighted by atomic mass is 19.4. The Morgan fingerprint density at radius 1 is 1.54 bits per heavy atom. The summed E-state index contributed by atoms with van der Waals surface area (Å²) in [6, 6.07) is -1.99. The number of imidazole rings is 1. The fourth-order valence-electron chi connectivity index (χ4n) is 0.788. The van der Waals surface area contributed by atoms with Crippen LogP contribution in [0.2, 0.25) is 0 Å². The number of H-pyrrole nitrogens is 1. The maximum absolute atomic E-state index is 12.2. The summed E-state index contributed by atoms with van der Waals surface area (Å²) in [6.07, 6.45) is -4.90. The largest absolute Gasteiger partial charge is 0.404 e. The van der Waals surface area contributed by atoms with Crippen molar-refractivity contribution in [2.45, 2.75) is 18.6 Å². The van der Waals surface area contributed by atoms with Crippen molar-refractivity contribution in [1.29, 1.82) is 0 Å². The lowest BCUT2D eigenvalue weighted by molar-refractivity contribution is -0.147. The van der Waals surface area contributed by atoms with Crippen molar-refractivity contribution in [1.82, 2.24) is 9.97 Å². The number of nitrogens with two attached hydrogens (primary N) is 1. The lowest BCUT2D eigenvalue weighted by Crippen LogP contribution is -2.39. The molecule has 0 saturated heterocycles. The van der Waals surface area contributed by atoms with Gasteiger partial charge in [0.15, 0.2) is 0 Å². The summed E-state index contributed by atoms with van der Waals surface area (Å²) < 4.78 is 47.9. The van der Waals surface area contributed by atoms with E-state index in [-0.39, 0.29) is 5.69 Å². The van der Waals surface area contributed by atoms with Crippen LogP contribution in [0.5, 0.6) is 0 Å². The molecule has 1 unspecified atom stereocenters. The van der Waals surface area contributed by atoms with Gasteiger partial charge in [0.05, 0.1) is 6.20 Å². The normalized spacial score (nSPS) is 14.5. The van der Waals surface area contributed by atoms with Crippen LogP contribution >= 0.6 is 0 Å². The summed E-state index contributed by atoms with van der Waals surface area (Å²) in [5.41, 5.74) is 4.83. The number of alkyl halides is 3. The lowest BCUT2D eigenvalue weighted by atomic mass is 10.2. The average molecular weight is 197 g/mol. The van der Waals surface area contributed by atoms with E-state index in [1.165, 1.54) is 0 Å². The van der Waals surface area contributed by atoms with Gasteiger partial charge in [0.25, 0.3) is 6.08 Å². The predicted octanol–water partition coefficient (Wildman–Crippen LogP) is 0.981.